The van der Waals surface area contributed by atoms with E-state index < -0.39 is 10.0 Å². The molecule has 0 unspecified atom stereocenters. The van der Waals surface area contributed by atoms with Crippen molar-refractivity contribution in [3.63, 3.8) is 0 Å². The largest absolute Gasteiger partial charge is 0.457 e. The Bertz CT molecular complexity index is 1110. The van der Waals surface area contributed by atoms with Crippen LogP contribution in [0.25, 0.3) is 0 Å². The Hall–Kier alpha value is -2.78. The van der Waals surface area contributed by atoms with Gasteiger partial charge >= 0.3 is 6.03 Å². The standard InChI is InChI=1S/C28H40N4O4S/c1-3-32(28(33)29-23-7-5-4-6-8-23)25-17-19-31(20-18-25)21-22-9-13-26(14-10-22)36-27-15-11-24(12-16-27)30-37(2,34)35/h9-16,23,25,30H,3-8,17-21H2,1-2H3,(H,29,33). The van der Waals surface area contributed by atoms with E-state index in [0.29, 0.717) is 23.5 Å². The average molecular weight is 529 g/mol. The Morgan fingerprint density at radius 1 is 0.946 bits per heavy atom. The highest BCUT2D eigenvalue weighted by Crippen LogP contribution is 2.25. The number of nitrogens with one attached hydrogen (secondary N) is 2. The molecule has 2 N–H and O–H groups in total. The molecule has 0 bridgehead atoms. The van der Waals surface area contributed by atoms with Gasteiger partial charge in [-0.15, -0.1) is 0 Å². The molecule has 2 aromatic rings. The van der Waals surface area contributed by atoms with Crippen LogP contribution in [0.3, 0.4) is 0 Å². The second kappa shape index (κ2) is 12.6. The Balaban J connectivity index is 1.23. The van der Waals surface area contributed by atoms with Crippen LogP contribution in [0.1, 0.15) is 57.4 Å². The lowest BCUT2D eigenvalue weighted by Crippen LogP contribution is -2.52. The minimum absolute atomic E-state index is 0.115. The van der Waals surface area contributed by atoms with Gasteiger partial charge in [-0.2, -0.15) is 0 Å². The summed E-state index contributed by atoms with van der Waals surface area (Å²) in [4.78, 5) is 17.4. The van der Waals surface area contributed by atoms with Gasteiger partial charge in [0.15, 0.2) is 0 Å². The van der Waals surface area contributed by atoms with E-state index in [-0.39, 0.29) is 6.03 Å². The Labute approximate surface area is 221 Å². The molecule has 1 aliphatic heterocycles. The number of urea groups is 1. The molecule has 2 amide bonds. The van der Waals surface area contributed by atoms with Crippen LogP contribution in [-0.2, 0) is 16.6 Å². The molecule has 0 spiro atoms. The number of amides is 2. The zero-order chi connectivity index (χ0) is 26.3. The third-order valence-electron chi connectivity index (χ3n) is 7.25. The predicted octanol–water partition coefficient (Wildman–Crippen LogP) is 5.18. The molecule has 2 aliphatic rings. The first-order chi connectivity index (χ1) is 17.8. The molecule has 1 heterocycles. The van der Waals surface area contributed by atoms with E-state index in [1.807, 2.05) is 17.0 Å². The number of nitrogens with zero attached hydrogens (tertiary/aromatic N) is 2. The molecule has 8 nitrogen and oxygen atoms in total. The second-order valence-electron chi connectivity index (χ2n) is 10.2. The summed E-state index contributed by atoms with van der Waals surface area (Å²) in [6.07, 6.45) is 9.08. The molecule has 4 rings (SSSR count). The Kier molecular flexibility index (Phi) is 9.32. The van der Waals surface area contributed by atoms with E-state index in [1.165, 1.54) is 24.8 Å². The van der Waals surface area contributed by atoms with E-state index in [1.54, 1.807) is 24.3 Å². The van der Waals surface area contributed by atoms with E-state index in [0.717, 1.165) is 63.9 Å². The monoisotopic (exact) mass is 528 g/mol. The number of anilines is 1. The zero-order valence-electron chi connectivity index (χ0n) is 22.0. The summed E-state index contributed by atoms with van der Waals surface area (Å²) in [5.41, 5.74) is 1.72. The second-order valence-corrected chi connectivity index (χ2v) is 12.0. The highest BCUT2D eigenvalue weighted by molar-refractivity contribution is 7.92. The average Bonchev–Trinajstić information content (AvgIpc) is 2.88. The van der Waals surface area contributed by atoms with Crippen molar-refractivity contribution in [2.75, 3.05) is 30.6 Å². The van der Waals surface area contributed by atoms with Crippen molar-refractivity contribution in [2.45, 2.75) is 70.5 Å². The van der Waals surface area contributed by atoms with E-state index >= 15 is 0 Å². The van der Waals surface area contributed by atoms with Crippen molar-refractivity contribution in [3.8, 4) is 11.5 Å². The number of likely N-dealkylation sites (tertiary alicyclic amines) is 1. The normalized spacial score (nSPS) is 17.8. The van der Waals surface area contributed by atoms with Crippen molar-refractivity contribution in [1.29, 1.82) is 0 Å². The lowest BCUT2D eigenvalue weighted by Gasteiger charge is -2.39. The summed E-state index contributed by atoms with van der Waals surface area (Å²) < 4.78 is 31.0. The lowest BCUT2D eigenvalue weighted by molar-refractivity contribution is 0.117. The third-order valence-corrected chi connectivity index (χ3v) is 7.86. The molecule has 9 heteroatoms. The van der Waals surface area contributed by atoms with Crippen molar-refractivity contribution in [2.24, 2.45) is 0 Å². The quantitative estimate of drug-likeness (QED) is 0.468. The maximum absolute atomic E-state index is 12.9. The fourth-order valence-electron chi connectivity index (χ4n) is 5.32. The Morgan fingerprint density at radius 3 is 2.11 bits per heavy atom. The zero-order valence-corrected chi connectivity index (χ0v) is 22.8. The van der Waals surface area contributed by atoms with Gasteiger partial charge in [0, 0.05) is 44.0 Å². The first kappa shape index (κ1) is 27.3. The number of rotatable bonds is 9. The van der Waals surface area contributed by atoms with Crippen LogP contribution >= 0.6 is 0 Å². The molecule has 0 aromatic heterocycles. The molecule has 1 saturated heterocycles. The van der Waals surface area contributed by atoms with Gasteiger partial charge in [-0.05, 0) is 74.6 Å². The predicted molar refractivity (Wildman–Crippen MR) is 148 cm³/mol. The SMILES string of the molecule is CCN(C(=O)NC1CCCCC1)C1CCN(Cc2ccc(Oc3ccc(NS(C)(=O)=O)cc3)cc2)CC1. The van der Waals surface area contributed by atoms with Crippen LogP contribution in [0.4, 0.5) is 10.5 Å². The van der Waals surface area contributed by atoms with Crippen molar-refractivity contribution < 1.29 is 17.9 Å². The molecule has 2 aromatic carbocycles. The number of hydrogen-bond donors (Lipinski definition) is 2. The molecule has 1 aliphatic carbocycles. The van der Waals surface area contributed by atoms with Gasteiger partial charge in [0.25, 0.3) is 0 Å². The molecule has 37 heavy (non-hydrogen) atoms. The van der Waals surface area contributed by atoms with Crippen molar-refractivity contribution in [1.82, 2.24) is 15.1 Å². The van der Waals surface area contributed by atoms with Gasteiger partial charge in [-0.25, -0.2) is 13.2 Å². The summed E-state index contributed by atoms with van der Waals surface area (Å²) in [5.74, 6) is 1.37. The Morgan fingerprint density at radius 2 is 1.54 bits per heavy atom. The maximum Gasteiger partial charge on any atom is 0.317 e. The van der Waals surface area contributed by atoms with Gasteiger partial charge in [-0.1, -0.05) is 31.4 Å². The van der Waals surface area contributed by atoms with E-state index in [9.17, 15) is 13.2 Å². The molecule has 0 atom stereocenters. The van der Waals surface area contributed by atoms with Crippen LogP contribution in [0.2, 0.25) is 0 Å². The summed E-state index contributed by atoms with van der Waals surface area (Å²) >= 11 is 0. The molecule has 2 fully saturated rings. The van der Waals surface area contributed by atoms with Crippen molar-refractivity contribution >= 4 is 21.7 Å². The minimum atomic E-state index is -3.30. The molecule has 1 saturated carbocycles. The molecule has 202 valence electrons. The highest BCUT2D eigenvalue weighted by Gasteiger charge is 2.28. The summed E-state index contributed by atoms with van der Waals surface area (Å²) in [7, 11) is -3.30. The van der Waals surface area contributed by atoms with Gasteiger partial charge in [-0.3, -0.25) is 9.62 Å². The molecular weight excluding hydrogens is 488 g/mol. The fraction of sp³-hybridized carbons (Fsp3) is 0.536. The molecule has 0 radical (unpaired) electrons. The number of hydrogen-bond acceptors (Lipinski definition) is 5. The van der Waals surface area contributed by atoms with Crippen molar-refractivity contribution in [3.05, 3.63) is 54.1 Å². The maximum atomic E-state index is 12.9. The lowest BCUT2D eigenvalue weighted by atomic mass is 9.95. The number of benzene rings is 2. The highest BCUT2D eigenvalue weighted by atomic mass is 32.2. The van der Waals surface area contributed by atoms with E-state index in [4.69, 9.17) is 4.74 Å². The van der Waals surface area contributed by atoms with Crippen LogP contribution < -0.4 is 14.8 Å². The van der Waals surface area contributed by atoms with Gasteiger partial charge < -0.3 is 15.0 Å². The first-order valence-electron chi connectivity index (χ1n) is 13.4. The molecular formula is C28H40N4O4S. The summed E-state index contributed by atoms with van der Waals surface area (Å²) in [6.45, 7) is 5.66. The van der Waals surface area contributed by atoms with Gasteiger partial charge in [0.05, 0.1) is 6.26 Å². The topological polar surface area (TPSA) is 91.0 Å². The third kappa shape index (κ3) is 8.36. The number of sulfonamides is 1. The number of ether oxygens (including phenoxy) is 1. The number of piperidine rings is 1. The van der Waals surface area contributed by atoms with Gasteiger partial charge in [0.2, 0.25) is 10.0 Å². The minimum Gasteiger partial charge on any atom is -0.457 e. The van der Waals surface area contributed by atoms with Gasteiger partial charge in [0.1, 0.15) is 11.5 Å². The smallest absolute Gasteiger partial charge is 0.317 e. The summed E-state index contributed by atoms with van der Waals surface area (Å²) in [5, 5.41) is 3.29. The number of carbonyl (C=O) groups is 1. The van der Waals surface area contributed by atoms with Crippen LogP contribution in [0.5, 0.6) is 11.5 Å². The van der Waals surface area contributed by atoms with E-state index in [2.05, 4.69) is 34.0 Å². The van der Waals surface area contributed by atoms with Crippen LogP contribution in [0.15, 0.2) is 48.5 Å². The summed E-state index contributed by atoms with van der Waals surface area (Å²) in [6, 6.07) is 15.7. The van der Waals surface area contributed by atoms with Crippen LogP contribution in [0, 0.1) is 0 Å². The van der Waals surface area contributed by atoms with Crippen LogP contribution in [-0.4, -0.2) is 62.2 Å². The fourth-order valence-corrected chi connectivity index (χ4v) is 5.89. The number of carbonyl (C=O) groups excluding carboxylic acids is 1. The first-order valence-corrected chi connectivity index (χ1v) is 15.3.